The van der Waals surface area contributed by atoms with Crippen molar-refractivity contribution < 1.29 is 10.1 Å². The van der Waals surface area contributed by atoms with Crippen LogP contribution in [0, 0.1) is 11.3 Å². The number of nitrogen functional groups attached to an aromatic ring is 1. The number of benzene rings is 1. The van der Waals surface area contributed by atoms with Crippen LogP contribution in [-0.4, -0.2) is 11.9 Å². The zero-order chi connectivity index (χ0) is 13.4. The third-order valence-corrected chi connectivity index (χ3v) is 3.60. The van der Waals surface area contributed by atoms with Crippen molar-refractivity contribution in [3.8, 4) is 0 Å². The Bertz CT molecular complexity index is 532. The predicted molar refractivity (Wildman–Crippen MR) is 70.6 cm³/mol. The van der Waals surface area contributed by atoms with E-state index in [1.807, 2.05) is 0 Å². The fourth-order valence-electron chi connectivity index (χ4n) is 2.02. The number of amides is 1. The molecule has 1 aromatic rings. The first-order valence-electron chi connectivity index (χ1n) is 5.37. The summed E-state index contributed by atoms with van der Waals surface area (Å²) in [5.41, 5.74) is 12.1. The van der Waals surface area contributed by atoms with Gasteiger partial charge in [0.15, 0.2) is 0 Å². The lowest BCUT2D eigenvalue weighted by molar-refractivity contribution is -0.457. The highest BCUT2D eigenvalue weighted by Gasteiger charge is 2.48. The molecule has 1 saturated carbocycles. The molecule has 2 rings (SSSR count). The predicted octanol–water partition coefficient (Wildman–Crippen LogP) is 0.663. The normalized spacial score (nSPS) is 21.7. The molecule has 18 heavy (non-hydrogen) atoms. The Labute approximate surface area is 114 Å². The SMILES string of the molecule is N=C(N)[NH2+]C(=O)C1CC1c1cc(Cl)cc(N)c1Cl. The van der Waals surface area contributed by atoms with Crippen molar-refractivity contribution in [1.29, 1.82) is 5.41 Å². The molecule has 96 valence electrons. The molecular weight excluding hydrogens is 275 g/mol. The number of halogens is 2. The minimum Gasteiger partial charge on any atom is -0.397 e. The number of primary amides is 1. The van der Waals surface area contributed by atoms with Crippen molar-refractivity contribution in [1.82, 2.24) is 0 Å². The Kier molecular flexibility index (Phi) is 3.47. The van der Waals surface area contributed by atoms with Gasteiger partial charge in [-0.05, 0) is 24.1 Å². The molecule has 1 aromatic carbocycles. The highest BCUT2D eigenvalue weighted by atomic mass is 35.5. The molecule has 7 N–H and O–H groups in total. The number of hydrogen-bond acceptors (Lipinski definition) is 3. The lowest BCUT2D eigenvalue weighted by atomic mass is 10.1. The molecule has 1 amide bonds. The van der Waals surface area contributed by atoms with Crippen LogP contribution in [0.2, 0.25) is 10.0 Å². The van der Waals surface area contributed by atoms with Gasteiger partial charge in [0.2, 0.25) is 0 Å². The van der Waals surface area contributed by atoms with Gasteiger partial charge in [0.05, 0.1) is 16.6 Å². The van der Waals surface area contributed by atoms with Crippen molar-refractivity contribution >= 4 is 40.8 Å². The molecule has 0 spiro atoms. The maximum atomic E-state index is 11.7. The summed E-state index contributed by atoms with van der Waals surface area (Å²) in [6, 6.07) is 3.31. The number of rotatable bonds is 2. The molecule has 1 fully saturated rings. The number of quaternary nitrogens is 1. The summed E-state index contributed by atoms with van der Waals surface area (Å²) >= 11 is 12.0. The number of hydrogen-bond donors (Lipinski definition) is 4. The fourth-order valence-corrected chi connectivity index (χ4v) is 2.50. The molecule has 0 bridgehead atoms. The zero-order valence-corrected chi connectivity index (χ0v) is 10.9. The number of nitrogens with two attached hydrogens (primary N) is 3. The summed E-state index contributed by atoms with van der Waals surface area (Å²) in [6.07, 6.45) is 0.683. The first-order valence-corrected chi connectivity index (χ1v) is 6.12. The molecule has 0 saturated heterocycles. The second-order valence-electron chi connectivity index (χ2n) is 4.35. The summed E-state index contributed by atoms with van der Waals surface area (Å²) < 4.78 is 0. The van der Waals surface area contributed by atoms with Gasteiger partial charge in [-0.3, -0.25) is 0 Å². The van der Waals surface area contributed by atoms with E-state index in [0.29, 0.717) is 22.2 Å². The molecular formula is C11H13Cl2N4O+. The third kappa shape index (κ3) is 2.58. The van der Waals surface area contributed by atoms with Gasteiger partial charge in [-0.15, -0.1) is 0 Å². The second kappa shape index (κ2) is 4.76. The van der Waals surface area contributed by atoms with Crippen LogP contribution >= 0.6 is 23.2 Å². The monoisotopic (exact) mass is 287 g/mol. The van der Waals surface area contributed by atoms with Gasteiger partial charge >= 0.3 is 5.91 Å². The maximum Gasteiger partial charge on any atom is 0.321 e. The average Bonchev–Trinajstić information content (AvgIpc) is 3.02. The summed E-state index contributed by atoms with van der Waals surface area (Å²) in [6.45, 7) is 0. The Morgan fingerprint density at radius 1 is 1.44 bits per heavy atom. The maximum absolute atomic E-state index is 11.7. The molecule has 5 nitrogen and oxygen atoms in total. The van der Waals surface area contributed by atoms with E-state index in [9.17, 15) is 4.79 Å². The van der Waals surface area contributed by atoms with Gasteiger partial charge in [-0.2, -0.15) is 0 Å². The number of guanidine groups is 1. The lowest BCUT2D eigenvalue weighted by Gasteiger charge is -2.06. The van der Waals surface area contributed by atoms with Crippen LogP contribution in [0.4, 0.5) is 5.69 Å². The first-order chi connectivity index (χ1) is 8.40. The number of nitrogens with one attached hydrogen (secondary N) is 1. The quantitative estimate of drug-likeness (QED) is 0.364. The highest BCUT2D eigenvalue weighted by Crippen LogP contribution is 2.50. The van der Waals surface area contributed by atoms with Crippen molar-refractivity contribution in [3.63, 3.8) is 0 Å². The van der Waals surface area contributed by atoms with Crippen LogP contribution in [0.15, 0.2) is 12.1 Å². The van der Waals surface area contributed by atoms with E-state index in [4.69, 9.17) is 40.1 Å². The third-order valence-electron chi connectivity index (χ3n) is 2.95. The molecule has 0 aromatic heterocycles. The summed E-state index contributed by atoms with van der Waals surface area (Å²) in [5, 5.41) is 9.14. The van der Waals surface area contributed by atoms with Crippen molar-refractivity contribution in [3.05, 3.63) is 27.7 Å². The van der Waals surface area contributed by atoms with Crippen molar-refractivity contribution in [2.75, 3.05) is 5.73 Å². The molecule has 0 heterocycles. The molecule has 0 radical (unpaired) electrons. The highest BCUT2D eigenvalue weighted by molar-refractivity contribution is 6.36. The van der Waals surface area contributed by atoms with E-state index in [1.54, 1.807) is 12.1 Å². The number of anilines is 1. The van der Waals surface area contributed by atoms with Gasteiger partial charge in [0.1, 0.15) is 0 Å². The van der Waals surface area contributed by atoms with E-state index in [0.717, 1.165) is 10.9 Å². The van der Waals surface area contributed by atoms with E-state index in [1.165, 1.54) is 0 Å². The summed E-state index contributed by atoms with van der Waals surface area (Å²) in [4.78, 5) is 11.7. The summed E-state index contributed by atoms with van der Waals surface area (Å²) in [7, 11) is 0. The summed E-state index contributed by atoms with van der Waals surface area (Å²) in [5.74, 6) is -0.546. The van der Waals surface area contributed by atoms with Crippen molar-refractivity contribution in [2.45, 2.75) is 12.3 Å². The Balaban J connectivity index is 2.17. The average molecular weight is 288 g/mol. The smallest absolute Gasteiger partial charge is 0.321 e. The van der Waals surface area contributed by atoms with Gasteiger partial charge in [-0.1, -0.05) is 23.2 Å². The van der Waals surface area contributed by atoms with E-state index in [2.05, 4.69) is 0 Å². The number of carbonyl (C=O) groups is 1. The van der Waals surface area contributed by atoms with Crippen LogP contribution < -0.4 is 16.8 Å². The molecule has 1 aliphatic carbocycles. The molecule has 2 atom stereocenters. The standard InChI is InChI=1S/C11H12Cl2N4O/c12-4-1-6(9(13)8(14)2-4)5-3-7(5)10(18)17-11(15)16/h1-2,5,7H,3,14H2,(H4,15,16,17,18)/p+1. The lowest BCUT2D eigenvalue weighted by Crippen LogP contribution is -2.94. The van der Waals surface area contributed by atoms with E-state index in [-0.39, 0.29) is 23.7 Å². The Hall–Kier alpha value is -1.30. The minimum absolute atomic E-state index is 0.0154. The topological polar surface area (TPSA) is 110 Å². The van der Waals surface area contributed by atoms with Crippen LogP contribution in [0.3, 0.4) is 0 Å². The minimum atomic E-state index is -0.234. The van der Waals surface area contributed by atoms with E-state index >= 15 is 0 Å². The van der Waals surface area contributed by atoms with Crippen molar-refractivity contribution in [2.24, 2.45) is 11.7 Å². The fraction of sp³-hybridized carbons (Fsp3) is 0.273. The first kappa shape index (κ1) is 13.1. The van der Waals surface area contributed by atoms with Crippen LogP contribution in [0.25, 0.3) is 0 Å². The second-order valence-corrected chi connectivity index (χ2v) is 5.16. The van der Waals surface area contributed by atoms with Gasteiger partial charge in [0, 0.05) is 10.9 Å². The molecule has 1 aliphatic rings. The van der Waals surface area contributed by atoms with Crippen LogP contribution in [0.5, 0.6) is 0 Å². The van der Waals surface area contributed by atoms with Gasteiger partial charge < -0.3 is 11.5 Å². The van der Waals surface area contributed by atoms with Crippen LogP contribution in [0.1, 0.15) is 17.9 Å². The molecule has 7 heteroatoms. The molecule has 2 unspecified atom stereocenters. The van der Waals surface area contributed by atoms with Crippen LogP contribution in [-0.2, 0) is 4.79 Å². The molecule has 0 aliphatic heterocycles. The Morgan fingerprint density at radius 2 is 2.11 bits per heavy atom. The van der Waals surface area contributed by atoms with Gasteiger partial charge in [-0.25, -0.2) is 15.5 Å². The number of carbonyl (C=O) groups excluding carboxylic acids is 1. The van der Waals surface area contributed by atoms with E-state index < -0.39 is 0 Å². The largest absolute Gasteiger partial charge is 0.397 e. The van der Waals surface area contributed by atoms with Gasteiger partial charge in [0.25, 0.3) is 5.96 Å². The zero-order valence-electron chi connectivity index (χ0n) is 9.41. The Morgan fingerprint density at radius 3 is 2.72 bits per heavy atom.